The first-order valence-corrected chi connectivity index (χ1v) is 14.1. The molecule has 0 radical (unpaired) electrons. The van der Waals surface area contributed by atoms with Crippen molar-refractivity contribution in [3.63, 3.8) is 0 Å². The number of phenolic OH excluding ortho intramolecular Hbond substituents is 1. The number of nitrogens with zero attached hydrogens (tertiary/aromatic N) is 2. The Bertz CT molecular complexity index is 1680. The Balaban J connectivity index is 1.31. The number of ether oxygens (including phenoxy) is 1. The van der Waals surface area contributed by atoms with Crippen LogP contribution in [0, 0.1) is 12.8 Å². The third-order valence-electron chi connectivity index (χ3n) is 7.68. The van der Waals surface area contributed by atoms with Crippen LogP contribution in [0.3, 0.4) is 0 Å². The second kappa shape index (κ2) is 12.4. The Morgan fingerprint density at radius 1 is 1.00 bits per heavy atom. The van der Waals surface area contributed by atoms with Gasteiger partial charge in [-0.3, -0.25) is 14.4 Å². The lowest BCUT2D eigenvalue weighted by molar-refractivity contribution is 0.0796. The molecule has 224 valence electrons. The van der Waals surface area contributed by atoms with Gasteiger partial charge in [-0.05, 0) is 55.5 Å². The van der Waals surface area contributed by atoms with Gasteiger partial charge in [-0.25, -0.2) is 4.79 Å². The number of aromatic hydroxyl groups is 1. The van der Waals surface area contributed by atoms with E-state index < -0.39 is 22.8 Å². The first-order chi connectivity index (χ1) is 20.6. The lowest BCUT2D eigenvalue weighted by Crippen LogP contribution is -2.42. The van der Waals surface area contributed by atoms with Gasteiger partial charge in [0.05, 0.1) is 17.3 Å². The molecule has 1 saturated heterocycles. The average Bonchev–Trinajstić information content (AvgIpc) is 3.45. The number of amides is 2. The van der Waals surface area contributed by atoms with Crippen molar-refractivity contribution < 1.29 is 23.8 Å². The number of rotatable bonds is 9. The number of aryl methyl sites for hydroxylation is 1. The monoisotopic (exact) mass is 586 g/mol. The summed E-state index contributed by atoms with van der Waals surface area (Å²) in [4.78, 5) is 53.6. The van der Waals surface area contributed by atoms with Crippen molar-refractivity contribution in [1.82, 2.24) is 9.80 Å². The van der Waals surface area contributed by atoms with Crippen LogP contribution in [0.4, 0.5) is 21.9 Å². The number of nitrogens with one attached hydrogen (secondary N) is 2. The largest absolute Gasteiger partial charge is 0.505 e. The number of carbonyl (C=O) groups excluding carboxylic acids is 2. The van der Waals surface area contributed by atoms with Crippen molar-refractivity contribution >= 4 is 29.1 Å². The van der Waals surface area contributed by atoms with Gasteiger partial charge in [0, 0.05) is 27.2 Å². The Hall–Kier alpha value is -5.06. The summed E-state index contributed by atoms with van der Waals surface area (Å²) in [6.07, 6.45) is 0.821. The second-order valence-electron chi connectivity index (χ2n) is 10.9. The van der Waals surface area contributed by atoms with E-state index in [4.69, 9.17) is 9.15 Å². The van der Waals surface area contributed by atoms with E-state index in [1.807, 2.05) is 49.4 Å². The van der Waals surface area contributed by atoms with E-state index in [0.29, 0.717) is 37.5 Å². The summed E-state index contributed by atoms with van der Waals surface area (Å²) in [7, 11) is 3.13. The summed E-state index contributed by atoms with van der Waals surface area (Å²) >= 11 is 0. The molecule has 0 saturated carbocycles. The van der Waals surface area contributed by atoms with Crippen LogP contribution in [0.5, 0.6) is 5.75 Å². The van der Waals surface area contributed by atoms with Gasteiger partial charge in [-0.1, -0.05) is 36.4 Å². The van der Waals surface area contributed by atoms with Crippen molar-refractivity contribution in [2.24, 2.45) is 5.92 Å². The van der Waals surface area contributed by atoms with E-state index in [0.717, 1.165) is 5.56 Å². The van der Waals surface area contributed by atoms with E-state index in [2.05, 4.69) is 10.6 Å². The fourth-order valence-corrected chi connectivity index (χ4v) is 5.26. The van der Waals surface area contributed by atoms with Gasteiger partial charge in [0.2, 0.25) is 0 Å². The van der Waals surface area contributed by atoms with Crippen LogP contribution in [-0.2, 0) is 11.3 Å². The summed E-state index contributed by atoms with van der Waals surface area (Å²) in [5, 5.41) is 16.8. The first-order valence-electron chi connectivity index (χ1n) is 14.1. The molecule has 1 fully saturated rings. The van der Waals surface area contributed by atoms with E-state index >= 15 is 0 Å². The highest BCUT2D eigenvalue weighted by atomic mass is 16.6. The summed E-state index contributed by atoms with van der Waals surface area (Å²) < 4.78 is 11.4. The fourth-order valence-electron chi connectivity index (χ4n) is 5.26. The number of anilines is 3. The Morgan fingerprint density at radius 2 is 1.70 bits per heavy atom. The molecule has 11 nitrogen and oxygen atoms in total. The minimum atomic E-state index is -0.739. The normalized spacial score (nSPS) is 14.3. The van der Waals surface area contributed by atoms with Crippen molar-refractivity contribution in [2.75, 3.05) is 37.8 Å². The average molecular weight is 587 g/mol. The van der Waals surface area contributed by atoms with Crippen LogP contribution in [0.15, 0.2) is 74.7 Å². The molecule has 3 aromatic carbocycles. The topological polar surface area (TPSA) is 141 Å². The molecule has 11 heteroatoms. The molecule has 2 amide bonds. The van der Waals surface area contributed by atoms with Crippen molar-refractivity contribution in [3.8, 4) is 5.75 Å². The van der Waals surface area contributed by atoms with Crippen molar-refractivity contribution in [2.45, 2.75) is 32.4 Å². The Labute approximate surface area is 248 Å². The molecule has 1 aliphatic rings. The SMILES string of the molecule is Cc1ccc(C(Nc2c(Nc3cccc(C(=O)N(C)C)c3O)c(=O)c2=O)C2CCN(C(=O)OCc3ccccc3)CC2)o1. The molecule has 43 heavy (non-hydrogen) atoms. The number of carbonyl (C=O) groups is 2. The number of likely N-dealkylation sites (tertiary alicyclic amines) is 1. The molecule has 1 aliphatic heterocycles. The molecule has 1 unspecified atom stereocenters. The third kappa shape index (κ3) is 6.25. The number of piperidine rings is 1. The highest BCUT2D eigenvalue weighted by Gasteiger charge is 2.34. The summed E-state index contributed by atoms with van der Waals surface area (Å²) in [6.45, 7) is 2.92. The number of phenols is 1. The van der Waals surface area contributed by atoms with Gasteiger partial charge in [0.1, 0.15) is 29.5 Å². The number of benzene rings is 2. The minimum Gasteiger partial charge on any atom is -0.505 e. The maximum Gasteiger partial charge on any atom is 0.410 e. The molecule has 2 heterocycles. The molecule has 0 spiro atoms. The van der Waals surface area contributed by atoms with Crippen molar-refractivity contribution in [1.29, 1.82) is 0 Å². The van der Waals surface area contributed by atoms with E-state index in [1.165, 1.54) is 17.0 Å². The van der Waals surface area contributed by atoms with Gasteiger partial charge in [-0.15, -0.1) is 0 Å². The lowest BCUT2D eigenvalue weighted by atomic mass is 9.87. The maximum absolute atomic E-state index is 12.8. The Morgan fingerprint density at radius 3 is 2.35 bits per heavy atom. The van der Waals surface area contributed by atoms with E-state index in [-0.39, 0.29) is 47.0 Å². The zero-order valence-corrected chi connectivity index (χ0v) is 24.3. The second-order valence-corrected chi connectivity index (χ2v) is 10.9. The maximum atomic E-state index is 12.8. The summed E-state index contributed by atoms with van der Waals surface area (Å²) in [6, 6.07) is 17.2. The number of hydrogen-bond acceptors (Lipinski definition) is 9. The first kappa shape index (κ1) is 29.4. The molecule has 3 N–H and O–H groups in total. The van der Waals surface area contributed by atoms with Gasteiger partial charge >= 0.3 is 6.09 Å². The van der Waals surface area contributed by atoms with Crippen LogP contribution in [-0.4, -0.2) is 54.1 Å². The van der Waals surface area contributed by atoms with Crippen LogP contribution >= 0.6 is 0 Å². The fraction of sp³-hybridized carbons (Fsp3) is 0.312. The molecule has 4 aromatic rings. The molecule has 1 atom stereocenters. The van der Waals surface area contributed by atoms with Crippen LogP contribution < -0.4 is 21.5 Å². The molecular weight excluding hydrogens is 552 g/mol. The quantitative estimate of drug-likeness (QED) is 0.190. The van der Waals surface area contributed by atoms with Gasteiger partial charge in [0.15, 0.2) is 5.75 Å². The summed E-state index contributed by atoms with van der Waals surface area (Å²) in [5.41, 5.74) is -0.293. The van der Waals surface area contributed by atoms with Crippen LogP contribution in [0.25, 0.3) is 0 Å². The van der Waals surface area contributed by atoms with Crippen molar-refractivity contribution in [3.05, 3.63) is 104 Å². The molecule has 0 aliphatic carbocycles. The van der Waals surface area contributed by atoms with E-state index in [9.17, 15) is 24.3 Å². The summed E-state index contributed by atoms with van der Waals surface area (Å²) in [5.74, 6) is 0.524. The predicted octanol–water partition coefficient (Wildman–Crippen LogP) is 4.54. The van der Waals surface area contributed by atoms with Gasteiger partial charge in [0.25, 0.3) is 16.8 Å². The lowest BCUT2D eigenvalue weighted by Gasteiger charge is -2.36. The molecule has 1 aromatic heterocycles. The standard InChI is InChI=1S/C32H34N4O7/c1-19-12-13-24(43-19)25(21-14-16-36(17-15-21)32(41)42-18-20-8-5-4-6-9-20)34-27-26(29(38)30(27)39)33-23-11-7-10-22(28(23)37)31(40)35(2)3/h4-13,21,25,33-34,37H,14-18H2,1-3H3. The molecule has 0 bridgehead atoms. The highest BCUT2D eigenvalue weighted by Crippen LogP contribution is 2.37. The van der Waals surface area contributed by atoms with Gasteiger partial charge in [-0.2, -0.15) is 0 Å². The zero-order chi connectivity index (χ0) is 30.7. The Kier molecular flexibility index (Phi) is 8.51. The third-order valence-corrected chi connectivity index (χ3v) is 7.68. The smallest absolute Gasteiger partial charge is 0.410 e. The predicted molar refractivity (Wildman–Crippen MR) is 161 cm³/mol. The molecular formula is C32H34N4O7. The van der Waals surface area contributed by atoms with Crippen LogP contribution in [0.2, 0.25) is 0 Å². The number of hydrogen-bond donors (Lipinski definition) is 3. The highest BCUT2D eigenvalue weighted by molar-refractivity contribution is 5.99. The number of para-hydroxylation sites is 1. The van der Waals surface area contributed by atoms with E-state index in [1.54, 1.807) is 25.1 Å². The number of furan rings is 1. The van der Waals surface area contributed by atoms with Gasteiger partial charge < -0.3 is 34.7 Å². The molecule has 5 rings (SSSR count). The zero-order valence-electron chi connectivity index (χ0n) is 24.3. The van der Waals surface area contributed by atoms with Crippen LogP contribution in [0.1, 0.15) is 46.3 Å². The minimum absolute atomic E-state index is 0.00930.